The summed E-state index contributed by atoms with van der Waals surface area (Å²) >= 11 is 0. The number of rotatable bonds is 12. The molecule has 37 heavy (non-hydrogen) atoms. The Morgan fingerprint density at radius 1 is 0.946 bits per heavy atom. The molecule has 2 aliphatic heterocycles. The van der Waals surface area contributed by atoms with Crippen LogP contribution in [0.3, 0.4) is 0 Å². The first kappa shape index (κ1) is 27.3. The summed E-state index contributed by atoms with van der Waals surface area (Å²) in [5.41, 5.74) is 4.34. The van der Waals surface area contributed by atoms with Gasteiger partial charge in [0, 0.05) is 49.5 Å². The smallest absolute Gasteiger partial charge is 0.255 e. The fraction of sp³-hybridized carbons (Fsp3) is 0.567. The molecule has 0 aromatic heterocycles. The van der Waals surface area contributed by atoms with E-state index in [1.165, 1.54) is 11.3 Å². The first-order chi connectivity index (χ1) is 18.0. The van der Waals surface area contributed by atoms with Gasteiger partial charge in [-0.15, -0.1) is 0 Å². The second-order valence-corrected chi connectivity index (χ2v) is 9.96. The SMILES string of the molecule is CCN(CC)CCCC(c1ccc(OC)c(OC)c1)N1Cc2c(cccc2N2CCN(CC)CC2)C1=O. The maximum Gasteiger partial charge on any atom is 0.255 e. The van der Waals surface area contributed by atoms with Crippen LogP contribution in [0.5, 0.6) is 11.5 Å². The quantitative estimate of drug-likeness (QED) is 0.416. The molecule has 202 valence electrons. The lowest BCUT2D eigenvalue weighted by Crippen LogP contribution is -2.46. The number of piperazine rings is 1. The third-order valence-electron chi connectivity index (χ3n) is 8.15. The summed E-state index contributed by atoms with van der Waals surface area (Å²) in [5, 5.41) is 0. The summed E-state index contributed by atoms with van der Waals surface area (Å²) in [5.74, 6) is 1.54. The molecule has 0 bridgehead atoms. The van der Waals surface area contributed by atoms with E-state index in [1.807, 2.05) is 24.3 Å². The Bertz CT molecular complexity index is 1050. The Morgan fingerprint density at radius 3 is 2.32 bits per heavy atom. The van der Waals surface area contributed by atoms with Gasteiger partial charge in [-0.25, -0.2) is 0 Å². The Kier molecular flexibility index (Phi) is 9.33. The highest BCUT2D eigenvalue weighted by Crippen LogP contribution is 2.40. The monoisotopic (exact) mass is 508 g/mol. The van der Waals surface area contributed by atoms with Gasteiger partial charge in [0.25, 0.3) is 5.91 Å². The maximum absolute atomic E-state index is 13.9. The molecule has 4 rings (SSSR count). The van der Waals surface area contributed by atoms with Crippen molar-refractivity contribution < 1.29 is 14.3 Å². The number of carbonyl (C=O) groups is 1. The van der Waals surface area contributed by atoms with Crippen LogP contribution in [0.1, 0.15) is 61.1 Å². The van der Waals surface area contributed by atoms with Crippen molar-refractivity contribution in [3.63, 3.8) is 0 Å². The number of anilines is 1. The fourth-order valence-electron chi connectivity index (χ4n) is 5.80. The third-order valence-corrected chi connectivity index (χ3v) is 8.15. The van der Waals surface area contributed by atoms with Crippen molar-refractivity contribution in [1.82, 2.24) is 14.7 Å². The van der Waals surface area contributed by atoms with Crippen LogP contribution in [0.15, 0.2) is 36.4 Å². The summed E-state index contributed by atoms with van der Waals surface area (Å²) in [7, 11) is 3.32. The summed E-state index contributed by atoms with van der Waals surface area (Å²) in [6.45, 7) is 15.6. The van der Waals surface area contributed by atoms with Gasteiger partial charge < -0.3 is 29.1 Å². The molecule has 1 atom stereocenters. The van der Waals surface area contributed by atoms with Gasteiger partial charge >= 0.3 is 0 Å². The van der Waals surface area contributed by atoms with Crippen LogP contribution in [0, 0.1) is 0 Å². The van der Waals surface area contributed by atoms with Gasteiger partial charge in [-0.1, -0.05) is 32.9 Å². The Hall–Kier alpha value is -2.77. The molecule has 1 unspecified atom stereocenters. The molecule has 1 saturated heterocycles. The lowest BCUT2D eigenvalue weighted by Gasteiger charge is -2.36. The highest BCUT2D eigenvalue weighted by molar-refractivity contribution is 6.00. The number of hydrogen-bond acceptors (Lipinski definition) is 6. The predicted octanol–water partition coefficient (Wildman–Crippen LogP) is 4.66. The van der Waals surface area contributed by atoms with Gasteiger partial charge in [0.15, 0.2) is 11.5 Å². The number of likely N-dealkylation sites (N-methyl/N-ethyl adjacent to an activating group) is 1. The number of methoxy groups -OCH3 is 2. The van der Waals surface area contributed by atoms with Crippen LogP contribution in [-0.2, 0) is 6.54 Å². The fourth-order valence-corrected chi connectivity index (χ4v) is 5.80. The number of ether oxygens (including phenoxy) is 2. The number of amides is 1. The zero-order valence-electron chi connectivity index (χ0n) is 23.3. The van der Waals surface area contributed by atoms with E-state index in [9.17, 15) is 4.79 Å². The molecule has 7 nitrogen and oxygen atoms in total. The maximum atomic E-state index is 13.9. The van der Waals surface area contributed by atoms with Crippen LogP contribution >= 0.6 is 0 Å². The van der Waals surface area contributed by atoms with E-state index >= 15 is 0 Å². The number of nitrogens with zero attached hydrogens (tertiary/aromatic N) is 4. The number of hydrogen-bond donors (Lipinski definition) is 0. The Labute approximate surface area is 222 Å². The molecule has 1 fully saturated rings. The minimum Gasteiger partial charge on any atom is -0.493 e. The molecular weight excluding hydrogens is 464 g/mol. The summed E-state index contributed by atoms with van der Waals surface area (Å²) < 4.78 is 11.1. The third kappa shape index (κ3) is 5.88. The number of benzene rings is 2. The largest absolute Gasteiger partial charge is 0.493 e. The Morgan fingerprint density at radius 2 is 1.68 bits per heavy atom. The molecular formula is C30H44N4O3. The summed E-state index contributed by atoms with van der Waals surface area (Å²) in [6.07, 6.45) is 1.92. The van der Waals surface area contributed by atoms with Crippen LogP contribution in [0.2, 0.25) is 0 Å². The molecule has 0 spiro atoms. The minimum absolute atomic E-state index is 0.0277. The van der Waals surface area contributed by atoms with Crippen LogP contribution in [0.4, 0.5) is 5.69 Å². The van der Waals surface area contributed by atoms with Crippen molar-refractivity contribution in [3.8, 4) is 11.5 Å². The molecule has 2 aliphatic rings. The van der Waals surface area contributed by atoms with Crippen molar-refractivity contribution in [2.75, 3.05) is 71.5 Å². The average Bonchev–Trinajstić information content (AvgIpc) is 3.29. The van der Waals surface area contributed by atoms with E-state index < -0.39 is 0 Å². The van der Waals surface area contributed by atoms with Crippen molar-refractivity contribution in [1.29, 1.82) is 0 Å². The topological polar surface area (TPSA) is 48.5 Å². The normalized spacial score (nSPS) is 16.9. The van der Waals surface area contributed by atoms with E-state index in [0.29, 0.717) is 18.0 Å². The lowest BCUT2D eigenvalue weighted by molar-refractivity contribution is 0.0685. The summed E-state index contributed by atoms with van der Waals surface area (Å²) in [4.78, 5) is 23.3. The molecule has 7 heteroatoms. The number of carbonyl (C=O) groups excluding carboxylic acids is 1. The first-order valence-electron chi connectivity index (χ1n) is 13.9. The highest BCUT2D eigenvalue weighted by atomic mass is 16.5. The standard InChI is InChI=1S/C30H44N4O3/c1-6-31(7-2)16-10-13-26(23-14-15-28(36-4)29(21-23)37-5)34-22-25-24(30(34)35)11-9-12-27(25)33-19-17-32(8-3)18-20-33/h9,11-12,14-15,21,26H,6-8,10,13,16-20,22H2,1-5H3. The number of fused-ring (bicyclic) bond motifs is 1. The van der Waals surface area contributed by atoms with E-state index in [4.69, 9.17) is 9.47 Å². The molecule has 2 aromatic rings. The molecule has 2 aromatic carbocycles. The Balaban J connectivity index is 1.62. The molecule has 0 radical (unpaired) electrons. The lowest BCUT2D eigenvalue weighted by atomic mass is 9.99. The highest BCUT2D eigenvalue weighted by Gasteiger charge is 2.36. The van der Waals surface area contributed by atoms with Gasteiger partial charge in [-0.2, -0.15) is 0 Å². The van der Waals surface area contributed by atoms with E-state index in [-0.39, 0.29) is 11.9 Å². The van der Waals surface area contributed by atoms with Crippen molar-refractivity contribution in [2.45, 2.75) is 46.2 Å². The molecule has 0 N–H and O–H groups in total. The second-order valence-electron chi connectivity index (χ2n) is 9.96. The van der Waals surface area contributed by atoms with E-state index in [0.717, 1.165) is 76.3 Å². The van der Waals surface area contributed by atoms with E-state index in [2.05, 4.69) is 52.5 Å². The van der Waals surface area contributed by atoms with Crippen LogP contribution in [0.25, 0.3) is 0 Å². The molecule has 1 amide bonds. The van der Waals surface area contributed by atoms with Gasteiger partial charge in [-0.3, -0.25) is 4.79 Å². The predicted molar refractivity (Wildman–Crippen MR) is 150 cm³/mol. The zero-order valence-corrected chi connectivity index (χ0v) is 23.3. The van der Waals surface area contributed by atoms with Gasteiger partial charge in [0.1, 0.15) is 0 Å². The van der Waals surface area contributed by atoms with Crippen molar-refractivity contribution in [3.05, 3.63) is 53.1 Å². The van der Waals surface area contributed by atoms with Crippen LogP contribution < -0.4 is 14.4 Å². The molecule has 0 saturated carbocycles. The molecule has 2 heterocycles. The van der Waals surface area contributed by atoms with Crippen LogP contribution in [-0.4, -0.2) is 87.2 Å². The minimum atomic E-state index is -0.0277. The summed E-state index contributed by atoms with van der Waals surface area (Å²) in [6, 6.07) is 12.3. The zero-order chi connectivity index (χ0) is 26.4. The second kappa shape index (κ2) is 12.7. The van der Waals surface area contributed by atoms with Gasteiger partial charge in [0.2, 0.25) is 0 Å². The van der Waals surface area contributed by atoms with Gasteiger partial charge in [0.05, 0.1) is 20.3 Å². The van der Waals surface area contributed by atoms with Crippen molar-refractivity contribution in [2.24, 2.45) is 0 Å². The molecule has 0 aliphatic carbocycles. The van der Waals surface area contributed by atoms with E-state index in [1.54, 1.807) is 14.2 Å². The first-order valence-corrected chi connectivity index (χ1v) is 13.9. The van der Waals surface area contributed by atoms with Crippen molar-refractivity contribution >= 4 is 11.6 Å². The van der Waals surface area contributed by atoms with Gasteiger partial charge in [-0.05, 0) is 68.8 Å². The average molecular weight is 509 g/mol.